The van der Waals surface area contributed by atoms with Crippen molar-refractivity contribution in [3.8, 4) is 0 Å². The minimum absolute atomic E-state index is 0.133. The summed E-state index contributed by atoms with van der Waals surface area (Å²) in [7, 11) is -3.12. The third-order valence-electron chi connectivity index (χ3n) is 4.03. The number of rotatable bonds is 5. The maximum atomic E-state index is 11.4. The fraction of sp³-hybridized carbons (Fsp3) is 0.600. The van der Waals surface area contributed by atoms with Crippen molar-refractivity contribution < 1.29 is 13.5 Å². The lowest BCUT2D eigenvalue weighted by atomic mass is 10.1. The molecule has 1 aliphatic carbocycles. The number of benzene rings is 1. The zero-order chi connectivity index (χ0) is 14.8. The van der Waals surface area contributed by atoms with Crippen LogP contribution in [0.4, 0.5) is 0 Å². The quantitative estimate of drug-likeness (QED) is 0.871. The van der Waals surface area contributed by atoms with Crippen molar-refractivity contribution in [1.82, 2.24) is 5.32 Å². The van der Waals surface area contributed by atoms with E-state index in [1.807, 2.05) is 12.1 Å². The molecule has 1 aromatic carbocycles. The van der Waals surface area contributed by atoms with E-state index in [0.29, 0.717) is 10.8 Å². The van der Waals surface area contributed by atoms with Gasteiger partial charge in [0.25, 0.3) is 0 Å². The fourth-order valence-electron chi connectivity index (χ4n) is 2.70. The van der Waals surface area contributed by atoms with Gasteiger partial charge >= 0.3 is 0 Å². The molecule has 0 saturated heterocycles. The number of nitrogens with one attached hydrogen (secondary N) is 1. The van der Waals surface area contributed by atoms with Crippen LogP contribution in [0.5, 0.6) is 0 Å². The summed E-state index contributed by atoms with van der Waals surface area (Å²) in [6.45, 7) is 2.97. The van der Waals surface area contributed by atoms with Gasteiger partial charge in [0.2, 0.25) is 0 Å². The molecule has 20 heavy (non-hydrogen) atoms. The van der Waals surface area contributed by atoms with E-state index in [1.165, 1.54) is 6.26 Å². The van der Waals surface area contributed by atoms with E-state index in [1.54, 1.807) is 12.1 Å². The van der Waals surface area contributed by atoms with Crippen LogP contribution in [0.3, 0.4) is 0 Å². The Kier molecular flexibility index (Phi) is 4.83. The van der Waals surface area contributed by atoms with Crippen LogP contribution in [0.2, 0.25) is 0 Å². The average Bonchev–Trinajstić information content (AvgIpc) is 2.81. The van der Waals surface area contributed by atoms with Crippen molar-refractivity contribution in [2.24, 2.45) is 5.92 Å². The molecule has 2 N–H and O–H groups in total. The normalized spacial score (nSPS) is 24.8. The van der Waals surface area contributed by atoms with E-state index < -0.39 is 9.84 Å². The van der Waals surface area contributed by atoms with Crippen molar-refractivity contribution in [3.63, 3.8) is 0 Å². The van der Waals surface area contributed by atoms with Gasteiger partial charge in [-0.2, -0.15) is 0 Å². The van der Waals surface area contributed by atoms with E-state index in [2.05, 4.69) is 12.2 Å². The molecular weight excluding hydrogens is 274 g/mol. The zero-order valence-electron chi connectivity index (χ0n) is 12.0. The van der Waals surface area contributed by atoms with Gasteiger partial charge in [-0.1, -0.05) is 12.1 Å². The standard InChI is InChI=1S/C15H23NO3S/c1-11(16-10-12-3-6-14(17)9-12)13-4-7-15(8-5-13)20(2,18)19/h4-5,7-8,11-12,14,16-17H,3,6,9-10H2,1-2H3. The van der Waals surface area contributed by atoms with Gasteiger partial charge < -0.3 is 10.4 Å². The largest absolute Gasteiger partial charge is 0.393 e. The Labute approximate surface area is 121 Å². The van der Waals surface area contributed by atoms with E-state index >= 15 is 0 Å². The van der Waals surface area contributed by atoms with Crippen LogP contribution in [0, 0.1) is 5.92 Å². The predicted molar refractivity (Wildman–Crippen MR) is 79.3 cm³/mol. The smallest absolute Gasteiger partial charge is 0.175 e. The van der Waals surface area contributed by atoms with Gasteiger partial charge in [0, 0.05) is 12.3 Å². The lowest BCUT2D eigenvalue weighted by Crippen LogP contribution is -2.25. The molecule has 5 heteroatoms. The molecule has 3 atom stereocenters. The third kappa shape index (κ3) is 4.04. The summed E-state index contributed by atoms with van der Waals surface area (Å²) in [5.41, 5.74) is 1.08. The van der Waals surface area contributed by atoms with Crippen LogP contribution in [0.25, 0.3) is 0 Å². The highest BCUT2D eigenvalue weighted by molar-refractivity contribution is 7.90. The molecule has 0 heterocycles. The Morgan fingerprint density at radius 2 is 1.95 bits per heavy atom. The molecule has 3 unspecified atom stereocenters. The molecule has 1 aromatic rings. The van der Waals surface area contributed by atoms with Crippen LogP contribution in [0.1, 0.15) is 37.8 Å². The number of sulfone groups is 1. The van der Waals surface area contributed by atoms with Crippen LogP contribution in [-0.2, 0) is 9.84 Å². The maximum absolute atomic E-state index is 11.4. The van der Waals surface area contributed by atoms with Crippen molar-refractivity contribution in [2.45, 2.75) is 43.2 Å². The third-order valence-corrected chi connectivity index (χ3v) is 5.16. The van der Waals surface area contributed by atoms with Crippen LogP contribution in [0.15, 0.2) is 29.2 Å². The molecule has 112 valence electrons. The monoisotopic (exact) mass is 297 g/mol. The van der Waals surface area contributed by atoms with Crippen molar-refractivity contribution >= 4 is 9.84 Å². The number of hydrogen-bond donors (Lipinski definition) is 2. The van der Waals surface area contributed by atoms with Gasteiger partial charge in [0.1, 0.15) is 0 Å². The second kappa shape index (κ2) is 6.24. The molecule has 0 aliphatic heterocycles. The van der Waals surface area contributed by atoms with E-state index in [4.69, 9.17) is 0 Å². The van der Waals surface area contributed by atoms with E-state index in [-0.39, 0.29) is 12.1 Å². The number of aliphatic hydroxyl groups is 1. The van der Waals surface area contributed by atoms with Crippen molar-refractivity contribution in [2.75, 3.05) is 12.8 Å². The first-order valence-corrected chi connectivity index (χ1v) is 8.97. The summed E-state index contributed by atoms with van der Waals surface area (Å²) in [5, 5.41) is 13.0. The first-order chi connectivity index (χ1) is 9.36. The summed E-state index contributed by atoms with van der Waals surface area (Å²) < 4.78 is 22.8. The predicted octanol–water partition coefficient (Wildman–Crippen LogP) is 1.90. The highest BCUT2D eigenvalue weighted by Gasteiger charge is 2.22. The van der Waals surface area contributed by atoms with Gasteiger partial charge in [-0.3, -0.25) is 0 Å². The Bertz CT molecular complexity index is 539. The summed E-state index contributed by atoms with van der Waals surface area (Å²) in [6.07, 6.45) is 3.95. The topological polar surface area (TPSA) is 66.4 Å². The molecule has 0 aromatic heterocycles. The first kappa shape index (κ1) is 15.5. The molecule has 0 amide bonds. The Balaban J connectivity index is 1.91. The van der Waals surface area contributed by atoms with Gasteiger partial charge in [0.15, 0.2) is 9.84 Å². The fourth-order valence-corrected chi connectivity index (χ4v) is 3.33. The Morgan fingerprint density at radius 1 is 1.30 bits per heavy atom. The molecule has 4 nitrogen and oxygen atoms in total. The van der Waals surface area contributed by atoms with Gasteiger partial charge in [-0.15, -0.1) is 0 Å². The molecule has 2 rings (SSSR count). The summed E-state index contributed by atoms with van der Waals surface area (Å²) in [4.78, 5) is 0.354. The molecule has 0 radical (unpaired) electrons. The zero-order valence-corrected chi connectivity index (χ0v) is 12.9. The molecule has 0 bridgehead atoms. The summed E-state index contributed by atoms with van der Waals surface area (Å²) >= 11 is 0. The molecular formula is C15H23NO3S. The Hall–Kier alpha value is -0.910. The molecule has 0 spiro atoms. The minimum Gasteiger partial charge on any atom is -0.393 e. The first-order valence-electron chi connectivity index (χ1n) is 7.07. The molecule has 1 aliphatic rings. The second-order valence-corrected chi connectivity index (χ2v) is 7.82. The van der Waals surface area contributed by atoms with Gasteiger partial charge in [-0.05, 0) is 56.3 Å². The van der Waals surface area contributed by atoms with Crippen LogP contribution < -0.4 is 5.32 Å². The van der Waals surface area contributed by atoms with Gasteiger partial charge in [0.05, 0.1) is 11.0 Å². The summed E-state index contributed by atoms with van der Waals surface area (Å²) in [6, 6.07) is 7.21. The number of hydrogen-bond acceptors (Lipinski definition) is 4. The van der Waals surface area contributed by atoms with Gasteiger partial charge in [-0.25, -0.2) is 8.42 Å². The average molecular weight is 297 g/mol. The van der Waals surface area contributed by atoms with Crippen LogP contribution in [-0.4, -0.2) is 32.4 Å². The van der Waals surface area contributed by atoms with E-state index in [0.717, 1.165) is 31.4 Å². The lowest BCUT2D eigenvalue weighted by Gasteiger charge is -2.17. The highest BCUT2D eigenvalue weighted by Crippen LogP contribution is 2.25. The maximum Gasteiger partial charge on any atom is 0.175 e. The number of aliphatic hydroxyl groups excluding tert-OH is 1. The highest BCUT2D eigenvalue weighted by atomic mass is 32.2. The molecule has 1 saturated carbocycles. The van der Waals surface area contributed by atoms with E-state index in [9.17, 15) is 13.5 Å². The molecule has 1 fully saturated rings. The second-order valence-electron chi connectivity index (χ2n) is 5.80. The summed E-state index contributed by atoms with van der Waals surface area (Å²) in [5.74, 6) is 0.544. The lowest BCUT2D eigenvalue weighted by molar-refractivity contribution is 0.177. The Morgan fingerprint density at radius 3 is 2.45 bits per heavy atom. The van der Waals surface area contributed by atoms with Crippen molar-refractivity contribution in [1.29, 1.82) is 0 Å². The van der Waals surface area contributed by atoms with Crippen molar-refractivity contribution in [3.05, 3.63) is 29.8 Å². The van der Waals surface area contributed by atoms with Crippen LogP contribution >= 0.6 is 0 Å². The minimum atomic E-state index is -3.12. The SMILES string of the molecule is CC(NCC1CCC(O)C1)c1ccc(S(C)(=O)=O)cc1.